The molecule has 1 saturated heterocycles. The lowest BCUT2D eigenvalue weighted by molar-refractivity contribution is -0.161. The highest BCUT2D eigenvalue weighted by molar-refractivity contribution is 5.78. The Hall–Kier alpha value is -0.610. The Bertz CT molecular complexity index is 208. The van der Waals surface area contributed by atoms with Gasteiger partial charge in [-0.25, -0.2) is 0 Å². The summed E-state index contributed by atoms with van der Waals surface area (Å²) >= 11 is 0. The molecule has 0 radical (unpaired) electrons. The lowest BCUT2D eigenvalue weighted by atomic mass is 9.97. The molecular weight excluding hydrogens is 180 g/mol. The first kappa shape index (κ1) is 11.5. The van der Waals surface area contributed by atoms with Crippen LogP contribution in [0.3, 0.4) is 0 Å². The first-order chi connectivity index (χ1) is 6.61. The molecule has 1 aliphatic heterocycles. The number of hydrogen-bond donors (Lipinski definition) is 1. The zero-order valence-corrected chi connectivity index (χ0v) is 9.08. The lowest BCUT2D eigenvalue weighted by Crippen LogP contribution is -2.53. The van der Waals surface area contributed by atoms with Crippen LogP contribution in [0.25, 0.3) is 0 Å². The fourth-order valence-electron chi connectivity index (χ4n) is 1.78. The zero-order chi connectivity index (χ0) is 10.6. The van der Waals surface area contributed by atoms with E-state index in [4.69, 9.17) is 10.5 Å². The molecule has 1 unspecified atom stereocenters. The lowest BCUT2D eigenvalue weighted by Gasteiger charge is -2.39. The third-order valence-corrected chi connectivity index (χ3v) is 2.71. The van der Waals surface area contributed by atoms with Crippen molar-refractivity contribution in [2.24, 2.45) is 5.73 Å². The minimum absolute atomic E-state index is 0.0951. The minimum Gasteiger partial charge on any atom is -0.364 e. The molecule has 2 N–H and O–H groups in total. The average molecular weight is 200 g/mol. The molecule has 14 heavy (non-hydrogen) atoms. The van der Waals surface area contributed by atoms with E-state index in [0.29, 0.717) is 13.1 Å². The molecule has 0 aliphatic carbocycles. The number of nitrogens with zero attached hydrogens (tertiary/aromatic N) is 1. The number of ether oxygens (including phenoxy) is 1. The van der Waals surface area contributed by atoms with Crippen LogP contribution in [0.2, 0.25) is 0 Å². The number of hydrogen-bond acceptors (Lipinski definition) is 3. The van der Waals surface area contributed by atoms with Gasteiger partial charge in [-0.05, 0) is 33.2 Å². The van der Waals surface area contributed by atoms with Crippen LogP contribution in [0, 0.1) is 0 Å². The molecule has 0 spiro atoms. The highest BCUT2D eigenvalue weighted by atomic mass is 16.5. The van der Waals surface area contributed by atoms with Crippen molar-refractivity contribution in [1.82, 2.24) is 4.90 Å². The number of nitrogens with two attached hydrogens (primary N) is 1. The van der Waals surface area contributed by atoms with Crippen molar-refractivity contribution < 1.29 is 9.53 Å². The van der Waals surface area contributed by atoms with E-state index in [1.807, 2.05) is 11.8 Å². The van der Waals surface area contributed by atoms with Gasteiger partial charge in [-0.2, -0.15) is 0 Å². The molecule has 0 aromatic carbocycles. The highest BCUT2D eigenvalue weighted by Gasteiger charge is 2.34. The SMILES string of the molecule is CCN1CC(C)(CCCN)OCC1=O. The molecule has 1 heterocycles. The summed E-state index contributed by atoms with van der Waals surface area (Å²) in [5.41, 5.74) is 5.27. The predicted octanol–water partition coefficient (Wildman–Crippen LogP) is 0.363. The summed E-state index contributed by atoms with van der Waals surface area (Å²) < 4.78 is 5.57. The largest absolute Gasteiger partial charge is 0.364 e. The fourth-order valence-corrected chi connectivity index (χ4v) is 1.78. The van der Waals surface area contributed by atoms with Crippen LogP contribution in [0.15, 0.2) is 0 Å². The van der Waals surface area contributed by atoms with E-state index in [2.05, 4.69) is 6.92 Å². The summed E-state index contributed by atoms with van der Waals surface area (Å²) in [5.74, 6) is 0.0951. The van der Waals surface area contributed by atoms with Gasteiger partial charge < -0.3 is 15.4 Å². The Labute approximate surface area is 85.4 Å². The van der Waals surface area contributed by atoms with Crippen LogP contribution in [0.1, 0.15) is 26.7 Å². The Morgan fingerprint density at radius 3 is 2.93 bits per heavy atom. The molecule has 82 valence electrons. The summed E-state index contributed by atoms with van der Waals surface area (Å²) in [6, 6.07) is 0. The van der Waals surface area contributed by atoms with Crippen molar-refractivity contribution in [2.75, 3.05) is 26.2 Å². The molecule has 4 nitrogen and oxygen atoms in total. The van der Waals surface area contributed by atoms with Gasteiger partial charge in [-0.1, -0.05) is 0 Å². The van der Waals surface area contributed by atoms with E-state index in [0.717, 1.165) is 19.4 Å². The predicted molar refractivity (Wildman–Crippen MR) is 54.9 cm³/mol. The second-order valence-corrected chi connectivity index (χ2v) is 4.04. The molecule has 1 atom stereocenters. The van der Waals surface area contributed by atoms with Crippen LogP contribution in [0.5, 0.6) is 0 Å². The molecular formula is C10H20N2O2. The summed E-state index contributed by atoms with van der Waals surface area (Å²) in [6.07, 6.45) is 1.87. The fraction of sp³-hybridized carbons (Fsp3) is 0.900. The van der Waals surface area contributed by atoms with E-state index in [1.165, 1.54) is 0 Å². The smallest absolute Gasteiger partial charge is 0.248 e. The first-order valence-electron chi connectivity index (χ1n) is 5.23. The van der Waals surface area contributed by atoms with E-state index >= 15 is 0 Å². The quantitative estimate of drug-likeness (QED) is 0.713. The second kappa shape index (κ2) is 4.75. The van der Waals surface area contributed by atoms with Crippen molar-refractivity contribution in [3.8, 4) is 0 Å². The maximum Gasteiger partial charge on any atom is 0.248 e. The minimum atomic E-state index is -0.191. The number of carbonyl (C=O) groups excluding carboxylic acids is 1. The second-order valence-electron chi connectivity index (χ2n) is 4.04. The van der Waals surface area contributed by atoms with Gasteiger partial charge in [-0.3, -0.25) is 4.79 Å². The monoisotopic (exact) mass is 200 g/mol. The third kappa shape index (κ3) is 2.69. The normalized spacial score (nSPS) is 28.2. The molecule has 1 amide bonds. The van der Waals surface area contributed by atoms with Gasteiger partial charge in [0, 0.05) is 13.1 Å². The number of amides is 1. The molecule has 4 heteroatoms. The number of rotatable bonds is 4. The van der Waals surface area contributed by atoms with Gasteiger partial charge in [0.2, 0.25) is 5.91 Å². The van der Waals surface area contributed by atoms with Gasteiger partial charge in [0.15, 0.2) is 0 Å². The maximum atomic E-state index is 11.4. The molecule has 0 saturated carbocycles. The van der Waals surface area contributed by atoms with Crippen LogP contribution in [-0.4, -0.2) is 42.6 Å². The zero-order valence-electron chi connectivity index (χ0n) is 9.08. The molecule has 0 aromatic heterocycles. The highest BCUT2D eigenvalue weighted by Crippen LogP contribution is 2.22. The van der Waals surface area contributed by atoms with E-state index in [9.17, 15) is 4.79 Å². The van der Waals surface area contributed by atoms with Crippen molar-refractivity contribution in [1.29, 1.82) is 0 Å². The van der Waals surface area contributed by atoms with Crippen LogP contribution in [-0.2, 0) is 9.53 Å². The Morgan fingerprint density at radius 2 is 2.36 bits per heavy atom. The standard InChI is InChI=1S/C10H20N2O2/c1-3-12-8-10(2,5-4-6-11)14-7-9(12)13/h3-8,11H2,1-2H3. The first-order valence-corrected chi connectivity index (χ1v) is 5.23. The van der Waals surface area contributed by atoms with Crippen molar-refractivity contribution in [3.05, 3.63) is 0 Å². The van der Waals surface area contributed by atoms with Crippen molar-refractivity contribution >= 4 is 5.91 Å². The Morgan fingerprint density at radius 1 is 1.64 bits per heavy atom. The number of carbonyl (C=O) groups is 1. The molecule has 0 aromatic rings. The Balaban J connectivity index is 2.51. The summed E-state index contributed by atoms with van der Waals surface area (Å²) in [4.78, 5) is 13.2. The molecule has 0 bridgehead atoms. The van der Waals surface area contributed by atoms with Crippen LogP contribution >= 0.6 is 0 Å². The van der Waals surface area contributed by atoms with Gasteiger partial charge in [-0.15, -0.1) is 0 Å². The van der Waals surface area contributed by atoms with Crippen LogP contribution in [0.4, 0.5) is 0 Å². The Kier molecular flexibility index (Phi) is 3.89. The topological polar surface area (TPSA) is 55.6 Å². The van der Waals surface area contributed by atoms with E-state index < -0.39 is 0 Å². The maximum absolute atomic E-state index is 11.4. The number of morpholine rings is 1. The molecule has 1 aliphatic rings. The van der Waals surface area contributed by atoms with Gasteiger partial charge in [0.25, 0.3) is 0 Å². The molecule has 1 rings (SSSR count). The van der Waals surface area contributed by atoms with Crippen molar-refractivity contribution in [3.63, 3.8) is 0 Å². The number of likely N-dealkylation sites (N-methyl/N-ethyl adjacent to an activating group) is 1. The summed E-state index contributed by atoms with van der Waals surface area (Å²) in [5, 5.41) is 0. The third-order valence-electron chi connectivity index (χ3n) is 2.71. The van der Waals surface area contributed by atoms with E-state index in [1.54, 1.807) is 0 Å². The summed E-state index contributed by atoms with van der Waals surface area (Å²) in [6.45, 7) is 6.40. The average Bonchev–Trinajstić information content (AvgIpc) is 2.19. The van der Waals surface area contributed by atoms with Crippen LogP contribution < -0.4 is 5.73 Å². The van der Waals surface area contributed by atoms with Gasteiger partial charge in [0.1, 0.15) is 6.61 Å². The van der Waals surface area contributed by atoms with Gasteiger partial charge in [0.05, 0.1) is 5.60 Å². The summed E-state index contributed by atoms with van der Waals surface area (Å²) in [7, 11) is 0. The molecule has 1 fully saturated rings. The van der Waals surface area contributed by atoms with Gasteiger partial charge >= 0.3 is 0 Å². The van der Waals surface area contributed by atoms with E-state index in [-0.39, 0.29) is 18.1 Å². The van der Waals surface area contributed by atoms with Crippen molar-refractivity contribution in [2.45, 2.75) is 32.3 Å².